The molecule has 0 saturated carbocycles. The van der Waals surface area contributed by atoms with E-state index in [0.29, 0.717) is 6.07 Å². The Labute approximate surface area is 239 Å². The number of rotatable bonds is 7. The van der Waals surface area contributed by atoms with Crippen molar-refractivity contribution in [3.8, 4) is 11.5 Å². The van der Waals surface area contributed by atoms with Crippen LogP contribution in [0.15, 0.2) is 65.6 Å². The van der Waals surface area contributed by atoms with Crippen molar-refractivity contribution in [1.82, 2.24) is 4.57 Å². The molecule has 228 valence electrons. The number of nitrogens with one attached hydrogen (secondary N) is 1. The van der Waals surface area contributed by atoms with Crippen LogP contribution in [0.25, 0.3) is 0 Å². The molecule has 1 heterocycles. The number of phosphoric acid groups is 1. The molecular weight excluding hydrogens is 583 g/mol. The highest BCUT2D eigenvalue weighted by atomic mass is 31.2. The van der Waals surface area contributed by atoms with E-state index in [1.165, 1.54) is 24.4 Å². The van der Waals surface area contributed by atoms with Crippen LogP contribution < -0.4 is 15.6 Å². The van der Waals surface area contributed by atoms with Gasteiger partial charge in [0.1, 0.15) is 17.3 Å². The van der Waals surface area contributed by atoms with Gasteiger partial charge in [0.25, 0.3) is 11.5 Å². The fourth-order valence-electron chi connectivity index (χ4n) is 4.96. The zero-order valence-corrected chi connectivity index (χ0v) is 24.5. The molecule has 14 heteroatoms. The number of carbonyl (C=O) groups excluding carboxylic acids is 1. The van der Waals surface area contributed by atoms with Gasteiger partial charge >= 0.3 is 14.0 Å². The molecule has 0 spiro atoms. The number of carbonyl (C=O) groups is 1. The number of alkyl halides is 3. The molecule has 1 amide bonds. The SMILES string of the molecule is CC(C)(C)C(OP(=O)(O)O)(n1ccc(NC(=O)c2cc(C(F)(F)F)ccc2Oc2ccc(F)cc2)cc1=O)C(C)(C)C. The quantitative estimate of drug-likeness (QED) is 0.195. The number of phosphoric ester groups is 1. The Hall–Kier alpha value is -3.51. The Balaban J connectivity index is 2.07. The smallest absolute Gasteiger partial charge is 0.457 e. The lowest BCUT2D eigenvalue weighted by molar-refractivity contribution is -0.193. The first kappa shape index (κ1) is 33.0. The van der Waals surface area contributed by atoms with Crippen molar-refractivity contribution in [1.29, 1.82) is 0 Å². The molecule has 0 aliphatic heterocycles. The molecule has 3 rings (SSSR count). The van der Waals surface area contributed by atoms with E-state index in [0.717, 1.165) is 34.9 Å². The van der Waals surface area contributed by atoms with Crippen molar-refractivity contribution in [2.24, 2.45) is 10.8 Å². The van der Waals surface area contributed by atoms with Gasteiger partial charge in [-0.1, -0.05) is 41.5 Å². The average Bonchev–Trinajstić information content (AvgIpc) is 2.82. The van der Waals surface area contributed by atoms with Gasteiger partial charge in [0.2, 0.25) is 0 Å². The summed E-state index contributed by atoms with van der Waals surface area (Å²) in [6.45, 7) is 9.79. The van der Waals surface area contributed by atoms with E-state index in [9.17, 15) is 41.5 Å². The van der Waals surface area contributed by atoms with E-state index in [1.807, 2.05) is 0 Å². The predicted molar refractivity (Wildman–Crippen MR) is 147 cm³/mol. The van der Waals surface area contributed by atoms with Gasteiger partial charge in [0.05, 0.1) is 11.1 Å². The lowest BCUT2D eigenvalue weighted by atomic mass is 9.68. The molecule has 3 N–H and O–H groups in total. The minimum atomic E-state index is -5.15. The van der Waals surface area contributed by atoms with Crippen LogP contribution in [0.2, 0.25) is 0 Å². The summed E-state index contributed by atoms with van der Waals surface area (Å²) in [6.07, 6.45) is -3.61. The average molecular weight is 615 g/mol. The number of hydrogen-bond acceptors (Lipinski definition) is 5. The van der Waals surface area contributed by atoms with Gasteiger partial charge in [-0.2, -0.15) is 13.2 Å². The number of nitrogens with zero attached hydrogens (tertiary/aromatic N) is 1. The summed E-state index contributed by atoms with van der Waals surface area (Å²) in [5.74, 6) is -1.84. The maximum absolute atomic E-state index is 13.5. The zero-order valence-electron chi connectivity index (χ0n) is 23.6. The topological polar surface area (TPSA) is 127 Å². The molecule has 0 radical (unpaired) electrons. The summed E-state index contributed by atoms with van der Waals surface area (Å²) in [6, 6.07) is 9.02. The van der Waals surface area contributed by atoms with Crippen LogP contribution in [-0.4, -0.2) is 20.3 Å². The Morgan fingerprint density at radius 3 is 1.95 bits per heavy atom. The number of amides is 1. The van der Waals surface area contributed by atoms with Crippen LogP contribution in [0.1, 0.15) is 57.5 Å². The minimum Gasteiger partial charge on any atom is -0.457 e. The zero-order chi connectivity index (χ0) is 31.9. The largest absolute Gasteiger partial charge is 0.471 e. The van der Waals surface area contributed by atoms with Crippen molar-refractivity contribution in [2.75, 3.05) is 5.32 Å². The summed E-state index contributed by atoms with van der Waals surface area (Å²) < 4.78 is 77.6. The second-order valence-corrected chi connectivity index (χ2v) is 12.7. The van der Waals surface area contributed by atoms with Crippen LogP contribution in [0.4, 0.5) is 23.2 Å². The Bertz CT molecular complexity index is 1550. The highest BCUT2D eigenvalue weighted by Gasteiger charge is 2.57. The first-order chi connectivity index (χ1) is 19.0. The Morgan fingerprint density at radius 2 is 1.48 bits per heavy atom. The van der Waals surface area contributed by atoms with Gasteiger partial charge in [-0.25, -0.2) is 8.96 Å². The minimum absolute atomic E-state index is 0.0542. The van der Waals surface area contributed by atoms with E-state index in [4.69, 9.17) is 9.26 Å². The van der Waals surface area contributed by atoms with E-state index >= 15 is 0 Å². The van der Waals surface area contributed by atoms with Crippen molar-refractivity contribution in [3.05, 3.63) is 88.1 Å². The lowest BCUT2D eigenvalue weighted by Crippen LogP contribution is -2.59. The van der Waals surface area contributed by atoms with E-state index < -0.39 is 59.0 Å². The molecule has 0 aliphatic rings. The summed E-state index contributed by atoms with van der Waals surface area (Å²) in [5.41, 5.74) is -6.63. The first-order valence-electron chi connectivity index (χ1n) is 12.5. The molecule has 2 aromatic carbocycles. The molecule has 0 bridgehead atoms. The third-order valence-electron chi connectivity index (χ3n) is 6.39. The lowest BCUT2D eigenvalue weighted by Gasteiger charge is -2.53. The number of halogens is 4. The van der Waals surface area contributed by atoms with Gasteiger partial charge in [0, 0.05) is 28.8 Å². The number of ether oxygens (including phenoxy) is 1. The second kappa shape index (κ2) is 11.3. The number of aromatic nitrogens is 1. The summed E-state index contributed by atoms with van der Waals surface area (Å²) in [7, 11) is -5.15. The van der Waals surface area contributed by atoms with Crippen LogP contribution >= 0.6 is 7.82 Å². The van der Waals surface area contributed by atoms with Gasteiger partial charge in [-0.15, -0.1) is 0 Å². The van der Waals surface area contributed by atoms with Crippen LogP contribution in [0, 0.1) is 16.6 Å². The van der Waals surface area contributed by atoms with E-state index in [-0.39, 0.29) is 17.2 Å². The monoisotopic (exact) mass is 614 g/mol. The third kappa shape index (κ3) is 7.09. The molecule has 0 saturated heterocycles. The fourth-order valence-corrected chi connectivity index (χ4v) is 5.94. The normalized spacial score (nSPS) is 13.1. The van der Waals surface area contributed by atoms with E-state index in [2.05, 4.69) is 5.32 Å². The highest BCUT2D eigenvalue weighted by molar-refractivity contribution is 7.46. The maximum Gasteiger partial charge on any atom is 0.471 e. The van der Waals surface area contributed by atoms with Gasteiger partial charge in [-0.3, -0.25) is 18.7 Å². The molecular formula is C28H31F4N2O7P. The third-order valence-corrected chi connectivity index (χ3v) is 6.90. The van der Waals surface area contributed by atoms with Crippen molar-refractivity contribution >= 4 is 19.4 Å². The first-order valence-corrected chi connectivity index (χ1v) is 14.0. The van der Waals surface area contributed by atoms with Crippen LogP contribution in [0.5, 0.6) is 11.5 Å². The molecule has 0 fully saturated rings. The van der Waals surface area contributed by atoms with Crippen molar-refractivity contribution in [2.45, 2.75) is 53.4 Å². The molecule has 0 unspecified atom stereocenters. The Kier molecular flexibility index (Phi) is 8.87. The fraction of sp³-hybridized carbons (Fsp3) is 0.357. The predicted octanol–water partition coefficient (Wildman–Crippen LogP) is 6.91. The molecule has 42 heavy (non-hydrogen) atoms. The highest BCUT2D eigenvalue weighted by Crippen LogP contribution is 2.57. The summed E-state index contributed by atoms with van der Waals surface area (Å²) >= 11 is 0. The molecule has 0 aliphatic carbocycles. The van der Waals surface area contributed by atoms with Crippen LogP contribution in [0.3, 0.4) is 0 Å². The second-order valence-electron chi connectivity index (χ2n) is 11.6. The summed E-state index contributed by atoms with van der Waals surface area (Å²) in [5, 5.41) is 2.36. The van der Waals surface area contributed by atoms with Gasteiger partial charge in [-0.05, 0) is 48.5 Å². The van der Waals surface area contributed by atoms with Gasteiger partial charge in [0.15, 0.2) is 5.72 Å². The molecule has 9 nitrogen and oxygen atoms in total. The van der Waals surface area contributed by atoms with Crippen molar-refractivity contribution < 1.29 is 46.0 Å². The Morgan fingerprint density at radius 1 is 0.905 bits per heavy atom. The molecule has 0 atom stereocenters. The maximum atomic E-state index is 13.5. The summed E-state index contributed by atoms with van der Waals surface area (Å²) in [4.78, 5) is 46.1. The number of pyridine rings is 1. The van der Waals surface area contributed by atoms with E-state index in [1.54, 1.807) is 41.5 Å². The standard InChI is InChI=1S/C28H31F4N2O7P/c1-25(2,3)28(26(4,5)6,41-42(37,38)39)34-14-13-19(16-23(34)35)33-24(36)21-15-17(27(30,31)32)7-12-22(21)40-20-10-8-18(29)9-11-20/h7-16H,1-6H3,(H,33,36)(H2,37,38,39). The van der Waals surface area contributed by atoms with Crippen LogP contribution in [-0.2, 0) is 21.0 Å². The number of benzene rings is 2. The van der Waals surface area contributed by atoms with Gasteiger partial charge < -0.3 is 19.8 Å². The number of hydrogen-bond donors (Lipinski definition) is 3. The molecule has 1 aromatic heterocycles. The number of anilines is 1. The molecule has 3 aromatic rings. The van der Waals surface area contributed by atoms with Crippen molar-refractivity contribution in [3.63, 3.8) is 0 Å².